The van der Waals surface area contributed by atoms with Crippen LogP contribution in [0.1, 0.15) is 10.6 Å². The van der Waals surface area contributed by atoms with Crippen LogP contribution in [0.2, 0.25) is 0 Å². The van der Waals surface area contributed by atoms with Gasteiger partial charge in [0, 0.05) is 10.9 Å². The number of aryl methyl sites for hydroxylation is 1. The Balaban J connectivity index is 2.00. The van der Waals surface area contributed by atoms with Crippen LogP contribution in [0.3, 0.4) is 0 Å². The fourth-order valence-corrected chi connectivity index (χ4v) is 2.96. The molecule has 1 aliphatic rings. The number of rotatable bonds is 2. The predicted molar refractivity (Wildman–Crippen MR) is 70.4 cm³/mol. The number of thiazole rings is 1. The van der Waals surface area contributed by atoms with E-state index in [1.165, 1.54) is 5.56 Å². The van der Waals surface area contributed by atoms with Crippen molar-refractivity contribution in [2.24, 2.45) is 0 Å². The average Bonchev–Trinajstić information content (AvgIpc) is 2.79. The molecule has 1 saturated heterocycles. The highest BCUT2D eigenvalue weighted by Crippen LogP contribution is 2.36. The fraction of sp³-hybridized carbons (Fsp3) is 0.286. The molecule has 90 valence electrons. The fourth-order valence-electron chi connectivity index (χ4n) is 2.02. The van der Waals surface area contributed by atoms with Gasteiger partial charge in [-0.3, -0.25) is 0 Å². The summed E-state index contributed by atoms with van der Waals surface area (Å²) in [7, 11) is 0. The molecule has 0 aliphatic carbocycles. The quantitative estimate of drug-likeness (QED) is 0.830. The Hall–Kier alpha value is -1.70. The molecule has 3 nitrogen and oxygen atoms in total. The van der Waals surface area contributed by atoms with Gasteiger partial charge in [0.25, 0.3) is 0 Å². The minimum absolute atomic E-state index is 0.463. The zero-order valence-corrected chi connectivity index (χ0v) is 10.8. The zero-order valence-electron chi connectivity index (χ0n) is 10.0. The van der Waals surface area contributed by atoms with E-state index in [1.807, 2.05) is 17.5 Å². The molecule has 18 heavy (non-hydrogen) atoms. The Kier molecular flexibility index (Phi) is 2.66. The van der Waals surface area contributed by atoms with Crippen LogP contribution < -0.4 is 0 Å². The molecule has 2 heterocycles. The van der Waals surface area contributed by atoms with Crippen LogP contribution in [0, 0.1) is 18.3 Å². The number of hydrogen-bond acceptors (Lipinski definition) is 4. The summed E-state index contributed by atoms with van der Waals surface area (Å²) in [6, 6.07) is 10.5. The lowest BCUT2D eigenvalue weighted by atomic mass is 9.89. The first kappa shape index (κ1) is 11.4. The molecule has 2 aromatic rings. The first-order valence-electron chi connectivity index (χ1n) is 5.76. The monoisotopic (exact) mass is 256 g/mol. The zero-order chi connectivity index (χ0) is 12.6. The summed E-state index contributed by atoms with van der Waals surface area (Å²) in [5, 5.41) is 12.2. The lowest BCUT2D eigenvalue weighted by Crippen LogP contribution is -2.45. The standard InChI is InChI=1S/C14H12N2OS/c1-10-4-2-3-5-11(10)12-6-18-13(16-12)14(7-15)8-17-9-14/h2-6H,8-9H2,1H3. The minimum Gasteiger partial charge on any atom is -0.377 e. The van der Waals surface area contributed by atoms with E-state index in [2.05, 4.69) is 30.1 Å². The first-order chi connectivity index (χ1) is 8.75. The number of hydrogen-bond donors (Lipinski definition) is 0. The van der Waals surface area contributed by atoms with Gasteiger partial charge < -0.3 is 4.74 Å². The molecule has 0 radical (unpaired) electrons. The number of nitrogens with zero attached hydrogens (tertiary/aromatic N) is 2. The molecule has 1 aliphatic heterocycles. The van der Waals surface area contributed by atoms with Crippen LogP contribution in [0.15, 0.2) is 29.6 Å². The Bertz CT molecular complexity index is 623. The summed E-state index contributed by atoms with van der Waals surface area (Å²) in [4.78, 5) is 4.62. The molecule has 0 bridgehead atoms. The second kappa shape index (κ2) is 4.20. The predicted octanol–water partition coefficient (Wildman–Crippen LogP) is 2.91. The van der Waals surface area contributed by atoms with Gasteiger partial charge in [-0.05, 0) is 12.5 Å². The van der Waals surface area contributed by atoms with Crippen molar-refractivity contribution in [1.29, 1.82) is 5.26 Å². The van der Waals surface area contributed by atoms with Crippen molar-refractivity contribution in [3.8, 4) is 17.3 Å². The van der Waals surface area contributed by atoms with Gasteiger partial charge in [-0.1, -0.05) is 24.3 Å². The Morgan fingerprint density at radius 3 is 2.78 bits per heavy atom. The molecular formula is C14H12N2OS. The third-order valence-electron chi connectivity index (χ3n) is 3.25. The van der Waals surface area contributed by atoms with Crippen LogP contribution in [0.4, 0.5) is 0 Å². The highest BCUT2D eigenvalue weighted by Gasteiger charge is 2.43. The lowest BCUT2D eigenvalue weighted by Gasteiger charge is -2.32. The van der Waals surface area contributed by atoms with Gasteiger partial charge in [0.05, 0.1) is 25.0 Å². The third-order valence-corrected chi connectivity index (χ3v) is 4.29. The molecule has 1 aromatic heterocycles. The van der Waals surface area contributed by atoms with Crippen LogP contribution in [0.25, 0.3) is 11.3 Å². The minimum atomic E-state index is -0.508. The molecule has 0 spiro atoms. The summed E-state index contributed by atoms with van der Waals surface area (Å²) in [5.41, 5.74) is 2.78. The number of nitriles is 1. The molecule has 0 unspecified atom stereocenters. The Morgan fingerprint density at radius 1 is 1.39 bits per heavy atom. The van der Waals surface area contributed by atoms with Crippen molar-refractivity contribution >= 4 is 11.3 Å². The molecule has 0 amide bonds. The third kappa shape index (κ3) is 1.64. The van der Waals surface area contributed by atoms with Gasteiger partial charge in [-0.2, -0.15) is 5.26 Å². The summed E-state index contributed by atoms with van der Waals surface area (Å²) in [5.74, 6) is 0. The summed E-state index contributed by atoms with van der Waals surface area (Å²) < 4.78 is 5.17. The van der Waals surface area contributed by atoms with E-state index in [9.17, 15) is 5.26 Å². The highest BCUT2D eigenvalue weighted by molar-refractivity contribution is 7.10. The van der Waals surface area contributed by atoms with Crippen molar-refractivity contribution in [2.75, 3.05) is 13.2 Å². The Morgan fingerprint density at radius 2 is 2.17 bits per heavy atom. The van der Waals surface area contributed by atoms with E-state index in [0.29, 0.717) is 13.2 Å². The normalized spacial score (nSPS) is 16.9. The Labute approximate surface area is 110 Å². The maximum absolute atomic E-state index is 9.26. The van der Waals surface area contributed by atoms with E-state index >= 15 is 0 Å². The van der Waals surface area contributed by atoms with Crippen LogP contribution in [0.5, 0.6) is 0 Å². The second-order valence-electron chi connectivity index (χ2n) is 4.54. The molecule has 4 heteroatoms. The molecule has 1 fully saturated rings. The van der Waals surface area contributed by atoms with Crippen molar-refractivity contribution in [3.05, 3.63) is 40.2 Å². The molecular weight excluding hydrogens is 244 g/mol. The van der Waals surface area contributed by atoms with Crippen molar-refractivity contribution in [3.63, 3.8) is 0 Å². The second-order valence-corrected chi connectivity index (χ2v) is 5.40. The van der Waals surface area contributed by atoms with E-state index < -0.39 is 5.41 Å². The molecule has 0 N–H and O–H groups in total. The maximum atomic E-state index is 9.26. The summed E-state index contributed by atoms with van der Waals surface area (Å²) in [6.45, 7) is 3.00. The smallest absolute Gasteiger partial charge is 0.155 e. The maximum Gasteiger partial charge on any atom is 0.155 e. The topological polar surface area (TPSA) is 45.9 Å². The lowest BCUT2D eigenvalue weighted by molar-refractivity contribution is -0.0298. The molecule has 0 atom stereocenters. The summed E-state index contributed by atoms with van der Waals surface area (Å²) >= 11 is 1.55. The molecule has 1 aromatic carbocycles. The SMILES string of the molecule is Cc1ccccc1-c1csc(C2(C#N)COC2)n1. The van der Waals surface area contributed by atoms with E-state index in [-0.39, 0.29) is 0 Å². The number of ether oxygens (including phenoxy) is 1. The van der Waals surface area contributed by atoms with Crippen LogP contribution in [-0.4, -0.2) is 18.2 Å². The van der Waals surface area contributed by atoms with E-state index in [0.717, 1.165) is 16.3 Å². The first-order valence-corrected chi connectivity index (χ1v) is 6.64. The van der Waals surface area contributed by atoms with Crippen LogP contribution in [-0.2, 0) is 10.2 Å². The summed E-state index contributed by atoms with van der Waals surface area (Å²) in [6.07, 6.45) is 0. The number of benzene rings is 1. The van der Waals surface area contributed by atoms with Crippen molar-refractivity contribution in [2.45, 2.75) is 12.3 Å². The number of aromatic nitrogens is 1. The van der Waals surface area contributed by atoms with Gasteiger partial charge in [0.1, 0.15) is 5.01 Å². The van der Waals surface area contributed by atoms with Gasteiger partial charge in [-0.15, -0.1) is 11.3 Å². The highest BCUT2D eigenvalue weighted by atomic mass is 32.1. The van der Waals surface area contributed by atoms with Gasteiger partial charge in [0.15, 0.2) is 5.41 Å². The largest absolute Gasteiger partial charge is 0.377 e. The van der Waals surface area contributed by atoms with E-state index in [1.54, 1.807) is 11.3 Å². The van der Waals surface area contributed by atoms with Gasteiger partial charge in [-0.25, -0.2) is 4.98 Å². The molecule has 3 rings (SSSR count). The van der Waals surface area contributed by atoms with Gasteiger partial charge >= 0.3 is 0 Å². The van der Waals surface area contributed by atoms with E-state index in [4.69, 9.17) is 4.74 Å². The van der Waals surface area contributed by atoms with Crippen molar-refractivity contribution in [1.82, 2.24) is 4.98 Å². The van der Waals surface area contributed by atoms with Crippen LogP contribution >= 0.6 is 11.3 Å². The average molecular weight is 256 g/mol. The van der Waals surface area contributed by atoms with Gasteiger partial charge in [0.2, 0.25) is 0 Å². The van der Waals surface area contributed by atoms with Crippen molar-refractivity contribution < 1.29 is 4.74 Å². The molecule has 0 saturated carbocycles.